The van der Waals surface area contributed by atoms with Gasteiger partial charge in [0, 0.05) is 0 Å². The highest BCUT2D eigenvalue weighted by molar-refractivity contribution is 5.76. The Balaban J connectivity index is 1.93. The molecule has 2 atom stereocenters. The van der Waals surface area contributed by atoms with Gasteiger partial charge in [-0.05, 0) is 17.4 Å². The average Bonchev–Trinajstić information content (AvgIpc) is 2.98. The predicted molar refractivity (Wildman–Crippen MR) is 62.5 cm³/mol. The molecule has 0 aliphatic carbocycles. The molecule has 0 saturated carbocycles. The molecule has 9 heteroatoms. The lowest BCUT2D eigenvalue weighted by molar-refractivity contribution is -0.148. The van der Waals surface area contributed by atoms with Crippen molar-refractivity contribution in [3.05, 3.63) is 12.4 Å². The molecule has 1 aliphatic rings. The van der Waals surface area contributed by atoms with E-state index in [1.165, 1.54) is 10.7 Å². The fourth-order valence-corrected chi connectivity index (χ4v) is 2.04. The molecule has 19 heavy (non-hydrogen) atoms. The third-order valence-corrected chi connectivity index (χ3v) is 3.37. The summed E-state index contributed by atoms with van der Waals surface area (Å²) in [4.78, 5) is 15.4. The standard InChI is InChI=1S/C10H12N6O3/c1-10(9(17)18)5-19-4-6(10)12-7-2-11-3-8-13-14-15-16(7)8/h2-3,6,12H,4-5H2,1H3,(H,17,18). The van der Waals surface area contributed by atoms with Gasteiger partial charge in [-0.25, -0.2) is 0 Å². The largest absolute Gasteiger partial charge is 0.481 e. The Morgan fingerprint density at radius 2 is 2.47 bits per heavy atom. The summed E-state index contributed by atoms with van der Waals surface area (Å²) in [5, 5.41) is 23.5. The third-order valence-electron chi connectivity index (χ3n) is 3.37. The Hall–Kier alpha value is -2.29. The number of nitrogens with zero attached hydrogens (tertiary/aromatic N) is 5. The molecule has 0 radical (unpaired) electrons. The average molecular weight is 264 g/mol. The van der Waals surface area contributed by atoms with E-state index in [1.807, 2.05) is 0 Å². The summed E-state index contributed by atoms with van der Waals surface area (Å²) in [7, 11) is 0. The SMILES string of the molecule is CC1(C(=O)O)COCC1Nc1cncc2nnnn12. The van der Waals surface area contributed by atoms with Crippen LogP contribution in [0.15, 0.2) is 12.4 Å². The fraction of sp³-hybridized carbons (Fsp3) is 0.500. The molecule has 3 heterocycles. The zero-order chi connectivity index (χ0) is 13.5. The van der Waals surface area contributed by atoms with Gasteiger partial charge < -0.3 is 15.2 Å². The number of hydrogen-bond acceptors (Lipinski definition) is 7. The molecule has 0 bridgehead atoms. The van der Waals surface area contributed by atoms with Crippen molar-refractivity contribution < 1.29 is 14.6 Å². The second-order valence-electron chi connectivity index (χ2n) is 4.68. The number of fused-ring (bicyclic) bond motifs is 1. The molecular weight excluding hydrogens is 252 g/mol. The van der Waals surface area contributed by atoms with Crippen molar-refractivity contribution in [2.75, 3.05) is 18.5 Å². The van der Waals surface area contributed by atoms with Gasteiger partial charge in [0.15, 0.2) is 11.5 Å². The Morgan fingerprint density at radius 3 is 3.26 bits per heavy atom. The molecule has 2 unspecified atom stereocenters. The van der Waals surface area contributed by atoms with E-state index in [1.54, 1.807) is 13.1 Å². The minimum atomic E-state index is -0.990. The summed E-state index contributed by atoms with van der Waals surface area (Å²) in [6.07, 6.45) is 3.07. The maximum atomic E-state index is 11.4. The molecule has 9 nitrogen and oxygen atoms in total. The summed E-state index contributed by atoms with van der Waals surface area (Å²) in [5.41, 5.74) is -0.503. The number of tetrazole rings is 1. The Bertz CT molecular complexity index is 629. The lowest BCUT2D eigenvalue weighted by Gasteiger charge is -2.26. The number of aromatic nitrogens is 5. The lowest BCUT2D eigenvalue weighted by Crippen LogP contribution is -2.43. The highest BCUT2D eigenvalue weighted by atomic mass is 16.5. The maximum Gasteiger partial charge on any atom is 0.313 e. The summed E-state index contributed by atoms with van der Waals surface area (Å²) < 4.78 is 6.74. The number of aliphatic carboxylic acids is 1. The van der Waals surface area contributed by atoms with E-state index in [0.717, 1.165) is 0 Å². The summed E-state index contributed by atoms with van der Waals surface area (Å²) in [6.45, 7) is 2.12. The zero-order valence-electron chi connectivity index (χ0n) is 10.1. The van der Waals surface area contributed by atoms with Crippen LogP contribution in [0.1, 0.15) is 6.92 Å². The van der Waals surface area contributed by atoms with Gasteiger partial charge in [-0.2, -0.15) is 4.52 Å². The second-order valence-corrected chi connectivity index (χ2v) is 4.68. The molecule has 1 saturated heterocycles. The third kappa shape index (κ3) is 1.78. The van der Waals surface area contributed by atoms with Crippen LogP contribution >= 0.6 is 0 Å². The fourth-order valence-electron chi connectivity index (χ4n) is 2.04. The molecule has 0 amide bonds. The molecule has 0 spiro atoms. The van der Waals surface area contributed by atoms with E-state index >= 15 is 0 Å². The van der Waals surface area contributed by atoms with Crippen molar-refractivity contribution in [3.63, 3.8) is 0 Å². The van der Waals surface area contributed by atoms with Crippen molar-refractivity contribution in [3.8, 4) is 0 Å². The monoisotopic (exact) mass is 264 g/mol. The van der Waals surface area contributed by atoms with Gasteiger partial charge in [-0.1, -0.05) is 0 Å². The van der Waals surface area contributed by atoms with Gasteiger partial charge in [0.25, 0.3) is 0 Å². The number of hydrogen-bond donors (Lipinski definition) is 2. The zero-order valence-corrected chi connectivity index (χ0v) is 10.1. The van der Waals surface area contributed by atoms with Gasteiger partial charge in [0.1, 0.15) is 5.41 Å². The lowest BCUT2D eigenvalue weighted by atomic mass is 9.85. The first-order valence-electron chi connectivity index (χ1n) is 5.71. The number of carboxylic acid groups (broad SMARTS) is 1. The Morgan fingerprint density at radius 1 is 1.63 bits per heavy atom. The van der Waals surface area contributed by atoms with Crippen LogP contribution in [0, 0.1) is 5.41 Å². The van der Waals surface area contributed by atoms with E-state index in [9.17, 15) is 9.90 Å². The molecule has 1 fully saturated rings. The van der Waals surface area contributed by atoms with Crippen LogP contribution in [0.25, 0.3) is 5.65 Å². The Labute approximate surface area is 107 Å². The topological polar surface area (TPSA) is 115 Å². The summed E-state index contributed by atoms with van der Waals surface area (Å²) in [6, 6.07) is -0.374. The number of nitrogens with one attached hydrogen (secondary N) is 1. The molecule has 100 valence electrons. The van der Waals surface area contributed by atoms with Gasteiger partial charge in [-0.15, -0.1) is 5.10 Å². The highest BCUT2D eigenvalue weighted by Crippen LogP contribution is 2.31. The molecule has 1 aliphatic heterocycles. The molecule has 0 aromatic carbocycles. The van der Waals surface area contributed by atoms with E-state index in [2.05, 4.69) is 25.8 Å². The van der Waals surface area contributed by atoms with Gasteiger partial charge >= 0.3 is 5.97 Å². The number of rotatable bonds is 3. The van der Waals surface area contributed by atoms with Gasteiger partial charge in [0.2, 0.25) is 0 Å². The predicted octanol–water partition coefficient (Wildman–Crippen LogP) is -0.579. The van der Waals surface area contributed by atoms with E-state index in [-0.39, 0.29) is 12.6 Å². The van der Waals surface area contributed by atoms with Crippen molar-refractivity contribution in [2.24, 2.45) is 5.41 Å². The first-order chi connectivity index (χ1) is 9.11. The van der Waals surface area contributed by atoms with Crippen molar-refractivity contribution >= 4 is 17.4 Å². The van der Waals surface area contributed by atoms with E-state index < -0.39 is 11.4 Å². The summed E-state index contributed by atoms with van der Waals surface area (Å²) >= 11 is 0. The highest BCUT2D eigenvalue weighted by Gasteiger charge is 2.47. The van der Waals surface area contributed by atoms with Crippen LogP contribution in [-0.2, 0) is 9.53 Å². The van der Waals surface area contributed by atoms with Crippen molar-refractivity contribution in [1.29, 1.82) is 0 Å². The normalized spacial score (nSPS) is 26.7. The maximum absolute atomic E-state index is 11.4. The molecule has 2 N–H and O–H groups in total. The summed E-state index contributed by atoms with van der Waals surface area (Å²) in [5.74, 6) is -0.371. The Kier molecular flexibility index (Phi) is 2.56. The van der Waals surface area contributed by atoms with Crippen LogP contribution in [0.4, 0.5) is 5.82 Å². The van der Waals surface area contributed by atoms with Gasteiger partial charge in [-0.3, -0.25) is 9.78 Å². The number of anilines is 1. The molecule has 3 rings (SSSR count). The minimum Gasteiger partial charge on any atom is -0.481 e. The van der Waals surface area contributed by atoms with Gasteiger partial charge in [0.05, 0.1) is 31.6 Å². The first-order valence-corrected chi connectivity index (χ1v) is 5.71. The second kappa shape index (κ2) is 4.12. The van der Waals surface area contributed by atoms with Crippen molar-refractivity contribution in [1.82, 2.24) is 25.0 Å². The number of carbonyl (C=O) groups is 1. The van der Waals surface area contributed by atoms with E-state index in [4.69, 9.17) is 4.74 Å². The van der Waals surface area contributed by atoms with Crippen LogP contribution in [0.3, 0.4) is 0 Å². The number of ether oxygens (including phenoxy) is 1. The van der Waals surface area contributed by atoms with Crippen LogP contribution in [0.5, 0.6) is 0 Å². The van der Waals surface area contributed by atoms with E-state index in [0.29, 0.717) is 18.1 Å². The molecule has 2 aromatic heterocycles. The van der Waals surface area contributed by atoms with Crippen LogP contribution in [-0.4, -0.2) is 55.4 Å². The minimum absolute atomic E-state index is 0.166. The van der Waals surface area contributed by atoms with Crippen LogP contribution in [0.2, 0.25) is 0 Å². The quantitative estimate of drug-likeness (QED) is 0.756. The molecular formula is C10H12N6O3. The van der Waals surface area contributed by atoms with Crippen molar-refractivity contribution in [2.45, 2.75) is 13.0 Å². The van der Waals surface area contributed by atoms with Crippen LogP contribution < -0.4 is 5.32 Å². The molecule has 2 aromatic rings. The smallest absolute Gasteiger partial charge is 0.313 e. The first kappa shape index (κ1) is 11.8. The number of carboxylic acids is 1.